The lowest BCUT2D eigenvalue weighted by molar-refractivity contribution is -0.126. The second-order valence-electron chi connectivity index (χ2n) is 6.14. The summed E-state index contributed by atoms with van der Waals surface area (Å²) in [5.41, 5.74) is 0. The zero-order valence-electron chi connectivity index (χ0n) is 16.6. The van der Waals surface area contributed by atoms with Crippen molar-refractivity contribution < 1.29 is 23.9 Å². The molecule has 0 spiro atoms. The molecule has 7 nitrogen and oxygen atoms in total. The van der Waals surface area contributed by atoms with Gasteiger partial charge < -0.3 is 20.1 Å². The molecule has 7 heteroatoms. The van der Waals surface area contributed by atoms with Gasteiger partial charge in [0.25, 0.3) is 0 Å². The molecule has 0 rings (SSSR count). The van der Waals surface area contributed by atoms with E-state index in [1.54, 1.807) is 6.92 Å². The van der Waals surface area contributed by atoms with E-state index < -0.39 is 0 Å². The van der Waals surface area contributed by atoms with Gasteiger partial charge in [-0.3, -0.25) is 14.4 Å². The number of carbonyl (C=O) groups excluding carboxylic acids is 3. The quantitative estimate of drug-likeness (QED) is 0.380. The van der Waals surface area contributed by atoms with Crippen LogP contribution in [0, 0.1) is 5.92 Å². The maximum absolute atomic E-state index is 11.7. The molecule has 152 valence electrons. The summed E-state index contributed by atoms with van der Waals surface area (Å²) in [7, 11) is 0. The van der Waals surface area contributed by atoms with Gasteiger partial charge in [-0.2, -0.15) is 0 Å². The second kappa shape index (κ2) is 17.0. The van der Waals surface area contributed by atoms with Crippen molar-refractivity contribution in [3.63, 3.8) is 0 Å². The summed E-state index contributed by atoms with van der Waals surface area (Å²) in [5, 5.41) is 5.52. The predicted molar refractivity (Wildman–Crippen MR) is 101 cm³/mol. The number of unbranched alkanes of at least 4 members (excludes halogenated alkanes) is 1. The third kappa shape index (κ3) is 13.8. The number of ether oxygens (including phenoxy) is 2. The van der Waals surface area contributed by atoms with Gasteiger partial charge in [0.05, 0.1) is 19.8 Å². The van der Waals surface area contributed by atoms with Gasteiger partial charge in [-0.25, -0.2) is 0 Å². The van der Waals surface area contributed by atoms with E-state index in [-0.39, 0.29) is 24.3 Å². The van der Waals surface area contributed by atoms with Crippen LogP contribution in [0.3, 0.4) is 0 Å². The van der Waals surface area contributed by atoms with Crippen molar-refractivity contribution in [3.05, 3.63) is 0 Å². The first-order chi connectivity index (χ1) is 12.5. The van der Waals surface area contributed by atoms with Gasteiger partial charge >= 0.3 is 0 Å². The third-order valence-corrected chi connectivity index (χ3v) is 4.09. The van der Waals surface area contributed by atoms with Gasteiger partial charge in [0.1, 0.15) is 12.4 Å². The molecule has 0 saturated carbocycles. The van der Waals surface area contributed by atoms with Gasteiger partial charge in [0.15, 0.2) is 0 Å². The van der Waals surface area contributed by atoms with Gasteiger partial charge in [0.2, 0.25) is 11.8 Å². The molecule has 26 heavy (non-hydrogen) atoms. The Morgan fingerprint density at radius 2 is 1.50 bits per heavy atom. The number of hydrogen-bond donors (Lipinski definition) is 2. The van der Waals surface area contributed by atoms with Crippen molar-refractivity contribution in [2.75, 3.05) is 39.5 Å². The summed E-state index contributed by atoms with van der Waals surface area (Å²) in [6.07, 6.45) is 4.66. The monoisotopic (exact) mass is 372 g/mol. The molecule has 0 aliphatic rings. The molecule has 1 atom stereocenters. The van der Waals surface area contributed by atoms with E-state index in [0.717, 1.165) is 25.7 Å². The fourth-order valence-electron chi connectivity index (χ4n) is 2.45. The molecule has 0 fully saturated rings. The Bertz CT molecular complexity index is 401. The van der Waals surface area contributed by atoms with Crippen LogP contribution in [0.15, 0.2) is 0 Å². The van der Waals surface area contributed by atoms with Gasteiger partial charge in [0, 0.05) is 31.8 Å². The molecule has 2 amide bonds. The van der Waals surface area contributed by atoms with Crippen molar-refractivity contribution in [3.8, 4) is 0 Å². The lowest BCUT2D eigenvalue weighted by atomic mass is 9.93. The molecule has 0 heterocycles. The highest BCUT2D eigenvalue weighted by Gasteiger charge is 2.13. The van der Waals surface area contributed by atoms with Crippen LogP contribution < -0.4 is 10.6 Å². The van der Waals surface area contributed by atoms with Crippen LogP contribution in [0.5, 0.6) is 0 Å². The van der Waals surface area contributed by atoms with Crippen molar-refractivity contribution >= 4 is 17.6 Å². The zero-order chi connectivity index (χ0) is 19.6. The number of nitrogens with one attached hydrogen (secondary N) is 2. The van der Waals surface area contributed by atoms with Gasteiger partial charge in [-0.05, 0) is 19.3 Å². The Morgan fingerprint density at radius 3 is 2.15 bits per heavy atom. The molecule has 0 radical (unpaired) electrons. The molecule has 0 bridgehead atoms. The molecule has 0 aliphatic carbocycles. The normalized spacial score (nSPS) is 11.8. The molecular formula is C19H36N2O5. The van der Waals surface area contributed by atoms with Crippen molar-refractivity contribution in [1.29, 1.82) is 0 Å². The molecular weight excluding hydrogens is 336 g/mol. The fraction of sp³-hybridized carbons (Fsp3) is 0.842. The van der Waals surface area contributed by atoms with Gasteiger partial charge in [-0.1, -0.05) is 27.2 Å². The molecule has 2 N–H and O–H groups in total. The largest absolute Gasteiger partial charge is 0.377 e. The lowest BCUT2D eigenvalue weighted by Crippen LogP contribution is -2.29. The van der Waals surface area contributed by atoms with Crippen LogP contribution in [0.2, 0.25) is 0 Å². The van der Waals surface area contributed by atoms with Crippen molar-refractivity contribution in [1.82, 2.24) is 10.6 Å². The lowest BCUT2D eigenvalue weighted by Gasteiger charge is -2.12. The Hall–Kier alpha value is -1.47. The minimum atomic E-state index is -0.142. The van der Waals surface area contributed by atoms with Crippen LogP contribution >= 0.6 is 0 Å². The summed E-state index contributed by atoms with van der Waals surface area (Å²) in [6.45, 7) is 8.00. The van der Waals surface area contributed by atoms with E-state index in [2.05, 4.69) is 10.6 Å². The summed E-state index contributed by atoms with van der Waals surface area (Å²) >= 11 is 0. The van der Waals surface area contributed by atoms with E-state index in [0.29, 0.717) is 51.5 Å². The van der Waals surface area contributed by atoms with E-state index >= 15 is 0 Å². The topological polar surface area (TPSA) is 93.7 Å². The highest BCUT2D eigenvalue weighted by molar-refractivity contribution is 5.80. The second-order valence-corrected chi connectivity index (χ2v) is 6.14. The van der Waals surface area contributed by atoms with Crippen LogP contribution in [0.4, 0.5) is 0 Å². The molecule has 0 aromatic heterocycles. The Morgan fingerprint density at radius 1 is 0.808 bits per heavy atom. The molecule has 0 saturated heterocycles. The van der Waals surface area contributed by atoms with Crippen LogP contribution in [0.25, 0.3) is 0 Å². The number of ketones is 1. The number of carbonyl (C=O) groups is 3. The minimum absolute atomic E-state index is 0.00342. The van der Waals surface area contributed by atoms with E-state index in [1.165, 1.54) is 0 Å². The maximum atomic E-state index is 11.7. The van der Waals surface area contributed by atoms with Crippen LogP contribution in [-0.4, -0.2) is 57.1 Å². The molecule has 0 aromatic rings. The van der Waals surface area contributed by atoms with E-state index in [4.69, 9.17) is 9.47 Å². The number of amides is 2. The summed E-state index contributed by atoms with van der Waals surface area (Å²) in [6, 6.07) is 0. The average molecular weight is 373 g/mol. The number of Topliss-reactive ketones (excluding diaryl/α,β-unsaturated/α-hetero) is 1. The standard InChI is InChI=1S/C19H36N2O5/c1-4-16(17(22)5-2)9-7-8-10-20-19(24)15-26-14-13-25-12-11-21-18(23)6-3/h16H,4-15H2,1-3H3,(H,20,24)(H,21,23)/t16-/m0/s1. The smallest absolute Gasteiger partial charge is 0.245 e. The first kappa shape index (κ1) is 24.5. The minimum Gasteiger partial charge on any atom is -0.377 e. The maximum Gasteiger partial charge on any atom is 0.245 e. The number of rotatable bonds is 17. The Kier molecular flexibility index (Phi) is 16.0. The van der Waals surface area contributed by atoms with Crippen molar-refractivity contribution in [2.45, 2.75) is 59.3 Å². The highest BCUT2D eigenvalue weighted by atomic mass is 16.5. The third-order valence-electron chi connectivity index (χ3n) is 4.09. The highest BCUT2D eigenvalue weighted by Crippen LogP contribution is 2.14. The Balaban J connectivity index is 3.44. The van der Waals surface area contributed by atoms with E-state index in [9.17, 15) is 14.4 Å². The zero-order valence-corrected chi connectivity index (χ0v) is 16.6. The van der Waals surface area contributed by atoms with Gasteiger partial charge in [-0.15, -0.1) is 0 Å². The molecule has 0 aliphatic heterocycles. The first-order valence-electron chi connectivity index (χ1n) is 9.76. The number of hydrogen-bond acceptors (Lipinski definition) is 5. The molecule has 0 unspecified atom stereocenters. The van der Waals surface area contributed by atoms with Crippen molar-refractivity contribution in [2.24, 2.45) is 5.92 Å². The average Bonchev–Trinajstić information content (AvgIpc) is 2.65. The molecule has 0 aromatic carbocycles. The van der Waals surface area contributed by atoms with Crippen LogP contribution in [0.1, 0.15) is 59.3 Å². The summed E-state index contributed by atoms with van der Waals surface area (Å²) in [4.78, 5) is 34.3. The SMILES string of the molecule is CCC(=O)NCCOCCOCC(=O)NCCCC[C@H](CC)C(=O)CC. The summed E-state index contributed by atoms with van der Waals surface area (Å²) in [5.74, 6) is 0.356. The Labute approximate surface area is 157 Å². The first-order valence-corrected chi connectivity index (χ1v) is 9.76. The van der Waals surface area contributed by atoms with E-state index in [1.807, 2.05) is 13.8 Å². The predicted octanol–water partition coefficient (Wildman–Crippen LogP) is 1.84. The fourth-order valence-corrected chi connectivity index (χ4v) is 2.45. The summed E-state index contributed by atoms with van der Waals surface area (Å²) < 4.78 is 10.5. The van der Waals surface area contributed by atoms with Crippen LogP contribution in [-0.2, 0) is 23.9 Å².